The Morgan fingerprint density at radius 1 is 1.58 bits per heavy atom. The summed E-state index contributed by atoms with van der Waals surface area (Å²) in [6.45, 7) is 4.11. The van der Waals surface area contributed by atoms with E-state index in [1.807, 2.05) is 11.7 Å². The molecule has 2 atom stereocenters. The number of aryl methyl sites for hydroxylation is 1. The minimum atomic E-state index is 0.290. The van der Waals surface area contributed by atoms with Crippen molar-refractivity contribution in [3.63, 3.8) is 0 Å². The molecule has 1 saturated heterocycles. The second kappa shape index (κ2) is 7.36. The van der Waals surface area contributed by atoms with E-state index in [2.05, 4.69) is 38.5 Å². The Bertz CT molecular complexity index is 370. The number of aromatic nitrogens is 3. The summed E-state index contributed by atoms with van der Waals surface area (Å²) in [6.07, 6.45) is 6.12. The highest BCUT2D eigenvalue weighted by atomic mass is 79.9. The van der Waals surface area contributed by atoms with Gasteiger partial charge in [0.2, 0.25) is 0 Å². The number of rotatable bonds is 7. The van der Waals surface area contributed by atoms with E-state index in [9.17, 15) is 0 Å². The first-order valence-electron chi connectivity index (χ1n) is 7.12. The highest BCUT2D eigenvalue weighted by Gasteiger charge is 2.22. The molecule has 2 heterocycles. The Kier molecular flexibility index (Phi) is 5.78. The van der Waals surface area contributed by atoms with Gasteiger partial charge in [-0.3, -0.25) is 0 Å². The van der Waals surface area contributed by atoms with Crippen LogP contribution in [0.3, 0.4) is 0 Å². The van der Waals surface area contributed by atoms with Crippen LogP contribution in [0.25, 0.3) is 0 Å². The van der Waals surface area contributed by atoms with Crippen molar-refractivity contribution in [1.82, 2.24) is 20.3 Å². The molecule has 2 unspecified atom stereocenters. The third-order valence-corrected chi connectivity index (χ3v) is 4.16. The zero-order valence-electron chi connectivity index (χ0n) is 11.7. The van der Waals surface area contributed by atoms with Gasteiger partial charge in [-0.2, -0.15) is 0 Å². The standard InChI is InChI=1S/C13H23BrN4O/c1-3-8-15-11(7-6-10-5-4-9-19-10)12-13(14)16-17-18(12)2/h10-11,15H,3-9H2,1-2H3. The van der Waals surface area contributed by atoms with Crippen molar-refractivity contribution < 1.29 is 4.74 Å². The molecule has 6 heteroatoms. The number of halogens is 1. The molecule has 1 aliphatic heterocycles. The first-order chi connectivity index (χ1) is 9.22. The van der Waals surface area contributed by atoms with Crippen molar-refractivity contribution in [1.29, 1.82) is 0 Å². The Morgan fingerprint density at radius 2 is 2.42 bits per heavy atom. The van der Waals surface area contributed by atoms with Gasteiger partial charge in [0.05, 0.1) is 17.8 Å². The van der Waals surface area contributed by atoms with Gasteiger partial charge in [-0.15, -0.1) is 5.10 Å². The minimum absolute atomic E-state index is 0.290. The Morgan fingerprint density at radius 3 is 3.00 bits per heavy atom. The average molecular weight is 331 g/mol. The molecular formula is C13H23BrN4O. The van der Waals surface area contributed by atoms with Gasteiger partial charge in [-0.25, -0.2) is 4.68 Å². The summed E-state index contributed by atoms with van der Waals surface area (Å²) in [4.78, 5) is 0. The highest BCUT2D eigenvalue weighted by Crippen LogP contribution is 2.27. The van der Waals surface area contributed by atoms with Gasteiger partial charge in [0.1, 0.15) is 0 Å². The summed E-state index contributed by atoms with van der Waals surface area (Å²) in [5.74, 6) is 0. The van der Waals surface area contributed by atoms with Crippen LogP contribution in [0, 0.1) is 0 Å². The van der Waals surface area contributed by atoms with Crippen LogP contribution < -0.4 is 5.32 Å². The molecule has 108 valence electrons. The fourth-order valence-electron chi connectivity index (χ4n) is 2.59. The van der Waals surface area contributed by atoms with Crippen molar-refractivity contribution in [2.24, 2.45) is 7.05 Å². The number of ether oxygens (including phenoxy) is 1. The Balaban J connectivity index is 1.98. The van der Waals surface area contributed by atoms with E-state index in [-0.39, 0.29) is 0 Å². The van der Waals surface area contributed by atoms with Crippen LogP contribution in [0.15, 0.2) is 4.60 Å². The lowest BCUT2D eigenvalue weighted by atomic mass is 10.0. The molecule has 0 saturated carbocycles. The third-order valence-electron chi connectivity index (χ3n) is 3.60. The molecule has 0 amide bonds. The lowest BCUT2D eigenvalue weighted by molar-refractivity contribution is 0.0993. The molecule has 19 heavy (non-hydrogen) atoms. The molecule has 1 aromatic rings. The normalized spacial score (nSPS) is 20.9. The lowest BCUT2D eigenvalue weighted by Gasteiger charge is -2.20. The van der Waals surface area contributed by atoms with Crippen LogP contribution in [-0.2, 0) is 11.8 Å². The number of hydrogen-bond donors (Lipinski definition) is 1. The molecule has 0 aliphatic carbocycles. The zero-order chi connectivity index (χ0) is 13.7. The van der Waals surface area contributed by atoms with E-state index in [1.165, 1.54) is 12.8 Å². The summed E-state index contributed by atoms with van der Waals surface area (Å²) in [5.41, 5.74) is 1.13. The number of nitrogens with one attached hydrogen (secondary N) is 1. The van der Waals surface area contributed by atoms with Crippen LogP contribution in [0.2, 0.25) is 0 Å². The van der Waals surface area contributed by atoms with Crippen molar-refractivity contribution in [3.05, 3.63) is 10.3 Å². The van der Waals surface area contributed by atoms with E-state index in [1.54, 1.807) is 0 Å². The van der Waals surface area contributed by atoms with Gasteiger partial charge in [-0.1, -0.05) is 12.1 Å². The predicted molar refractivity (Wildman–Crippen MR) is 77.9 cm³/mol. The summed E-state index contributed by atoms with van der Waals surface area (Å²) < 4.78 is 8.41. The van der Waals surface area contributed by atoms with Gasteiger partial charge < -0.3 is 10.1 Å². The van der Waals surface area contributed by atoms with E-state index in [0.29, 0.717) is 12.1 Å². The van der Waals surface area contributed by atoms with Crippen LogP contribution in [-0.4, -0.2) is 34.2 Å². The van der Waals surface area contributed by atoms with Crippen LogP contribution in [0.5, 0.6) is 0 Å². The van der Waals surface area contributed by atoms with Crippen molar-refractivity contribution in [3.8, 4) is 0 Å². The molecule has 0 aromatic carbocycles. The summed E-state index contributed by atoms with van der Waals surface area (Å²) in [6, 6.07) is 0.290. The zero-order valence-corrected chi connectivity index (χ0v) is 13.3. The molecular weight excluding hydrogens is 308 g/mol. The molecule has 5 nitrogen and oxygen atoms in total. The van der Waals surface area contributed by atoms with Crippen molar-refractivity contribution >= 4 is 15.9 Å². The molecule has 1 fully saturated rings. The number of hydrogen-bond acceptors (Lipinski definition) is 4. The molecule has 0 spiro atoms. The average Bonchev–Trinajstić information content (AvgIpc) is 3.02. The molecule has 0 bridgehead atoms. The summed E-state index contributed by atoms with van der Waals surface area (Å²) in [7, 11) is 1.94. The van der Waals surface area contributed by atoms with Crippen molar-refractivity contribution in [2.45, 2.75) is 51.2 Å². The molecule has 0 radical (unpaired) electrons. The number of nitrogens with zero attached hydrogens (tertiary/aromatic N) is 3. The highest BCUT2D eigenvalue weighted by molar-refractivity contribution is 9.10. The SMILES string of the molecule is CCCNC(CCC1CCCO1)c1c(Br)nnn1C. The fourth-order valence-corrected chi connectivity index (χ4v) is 3.19. The fraction of sp³-hybridized carbons (Fsp3) is 0.846. The second-order valence-corrected chi connectivity index (χ2v) is 5.86. The maximum absolute atomic E-state index is 5.71. The van der Waals surface area contributed by atoms with Crippen molar-refractivity contribution in [2.75, 3.05) is 13.2 Å². The quantitative estimate of drug-likeness (QED) is 0.834. The lowest BCUT2D eigenvalue weighted by Crippen LogP contribution is -2.25. The van der Waals surface area contributed by atoms with Crippen LogP contribution in [0.1, 0.15) is 50.8 Å². The Labute approximate surface area is 123 Å². The maximum atomic E-state index is 5.71. The van der Waals surface area contributed by atoms with Crippen LogP contribution >= 0.6 is 15.9 Å². The molecule has 1 aromatic heterocycles. The predicted octanol–water partition coefficient (Wildman–Crippen LogP) is 2.58. The topological polar surface area (TPSA) is 52.0 Å². The minimum Gasteiger partial charge on any atom is -0.378 e. The molecule has 2 rings (SSSR count). The van der Waals surface area contributed by atoms with Gasteiger partial charge in [0, 0.05) is 13.7 Å². The van der Waals surface area contributed by atoms with Gasteiger partial charge in [-0.05, 0) is 54.6 Å². The van der Waals surface area contributed by atoms with E-state index in [0.717, 1.165) is 42.7 Å². The summed E-state index contributed by atoms with van der Waals surface area (Å²) >= 11 is 3.50. The third kappa shape index (κ3) is 4.00. The second-order valence-electron chi connectivity index (χ2n) is 5.11. The van der Waals surface area contributed by atoms with E-state index in [4.69, 9.17) is 4.74 Å². The molecule has 1 aliphatic rings. The van der Waals surface area contributed by atoms with E-state index >= 15 is 0 Å². The van der Waals surface area contributed by atoms with E-state index < -0.39 is 0 Å². The van der Waals surface area contributed by atoms with Gasteiger partial charge in [0.15, 0.2) is 4.60 Å². The van der Waals surface area contributed by atoms with Gasteiger partial charge >= 0.3 is 0 Å². The first kappa shape index (κ1) is 14.9. The monoisotopic (exact) mass is 330 g/mol. The van der Waals surface area contributed by atoms with Crippen LogP contribution in [0.4, 0.5) is 0 Å². The summed E-state index contributed by atoms with van der Waals surface area (Å²) in [5, 5.41) is 11.7. The Hall–Kier alpha value is -0.460. The largest absolute Gasteiger partial charge is 0.378 e. The first-order valence-corrected chi connectivity index (χ1v) is 7.91. The maximum Gasteiger partial charge on any atom is 0.153 e. The molecule has 1 N–H and O–H groups in total. The van der Waals surface area contributed by atoms with Gasteiger partial charge in [0.25, 0.3) is 0 Å². The smallest absolute Gasteiger partial charge is 0.153 e.